The van der Waals surface area contributed by atoms with Gasteiger partial charge in [0, 0.05) is 12.2 Å². The molecule has 0 fully saturated rings. The summed E-state index contributed by atoms with van der Waals surface area (Å²) < 4.78 is 12.3. The van der Waals surface area contributed by atoms with E-state index in [1.807, 2.05) is 48.7 Å². The van der Waals surface area contributed by atoms with Crippen LogP contribution in [0.5, 0.6) is 11.5 Å². The molecule has 2 heterocycles. The molecule has 2 aromatic carbocycles. The Hall–Kier alpha value is -3.27. The van der Waals surface area contributed by atoms with Gasteiger partial charge >= 0.3 is 6.03 Å². The van der Waals surface area contributed by atoms with Crippen molar-refractivity contribution in [1.82, 2.24) is 25.5 Å². The maximum absolute atomic E-state index is 12.2. The zero-order chi connectivity index (χ0) is 19.3. The summed E-state index contributed by atoms with van der Waals surface area (Å²) in [5.41, 5.74) is 2.49. The maximum Gasteiger partial charge on any atom is 0.319 e. The highest BCUT2D eigenvalue weighted by atomic mass is 32.2. The molecule has 4 rings (SSSR count). The second-order valence-corrected chi connectivity index (χ2v) is 6.72. The number of anilines is 1. The van der Waals surface area contributed by atoms with Crippen molar-refractivity contribution < 1.29 is 14.3 Å². The molecule has 0 atom stereocenters. The number of hydrogen-bond acceptors (Lipinski definition) is 7. The zero-order valence-electron chi connectivity index (χ0n) is 15.1. The Labute approximate surface area is 165 Å². The van der Waals surface area contributed by atoms with Crippen LogP contribution >= 0.6 is 11.8 Å². The number of fused-ring (bicyclic) bond motifs is 1. The van der Waals surface area contributed by atoms with E-state index in [4.69, 9.17) is 9.47 Å². The first-order valence-corrected chi connectivity index (χ1v) is 9.81. The molecule has 2 amide bonds. The summed E-state index contributed by atoms with van der Waals surface area (Å²) >= 11 is 1.44. The van der Waals surface area contributed by atoms with E-state index in [2.05, 4.69) is 26.2 Å². The van der Waals surface area contributed by atoms with Gasteiger partial charge < -0.3 is 20.1 Å². The second-order valence-electron chi connectivity index (χ2n) is 5.95. The Kier molecular flexibility index (Phi) is 5.29. The third-order valence-electron chi connectivity index (χ3n) is 4.11. The number of carbonyl (C=O) groups is 1. The molecular formula is C18H18N6O3S. The van der Waals surface area contributed by atoms with Gasteiger partial charge in [-0.15, -0.1) is 5.10 Å². The lowest BCUT2D eigenvalue weighted by atomic mass is 10.1. The van der Waals surface area contributed by atoms with Crippen LogP contribution in [0.4, 0.5) is 10.5 Å². The van der Waals surface area contributed by atoms with E-state index >= 15 is 0 Å². The minimum Gasteiger partial charge on any atom is -0.454 e. The number of benzene rings is 2. The van der Waals surface area contributed by atoms with Gasteiger partial charge in [0.15, 0.2) is 11.5 Å². The van der Waals surface area contributed by atoms with Crippen LogP contribution in [0.25, 0.3) is 5.69 Å². The number of nitrogens with one attached hydrogen (secondary N) is 2. The molecule has 0 radical (unpaired) electrons. The molecular weight excluding hydrogens is 380 g/mol. The summed E-state index contributed by atoms with van der Waals surface area (Å²) in [6, 6.07) is 12.8. The molecule has 28 heavy (non-hydrogen) atoms. The van der Waals surface area contributed by atoms with Crippen LogP contribution in [-0.2, 0) is 6.42 Å². The number of amides is 2. The number of carbonyl (C=O) groups excluding carboxylic acids is 1. The summed E-state index contributed by atoms with van der Waals surface area (Å²) in [4.78, 5) is 12.2. The number of hydrogen-bond donors (Lipinski definition) is 2. The third-order valence-corrected chi connectivity index (χ3v) is 4.73. The Bertz CT molecular complexity index is 993. The maximum atomic E-state index is 12.2. The van der Waals surface area contributed by atoms with Crippen molar-refractivity contribution in [2.45, 2.75) is 11.6 Å². The van der Waals surface area contributed by atoms with Crippen molar-refractivity contribution in [3.05, 3.63) is 48.0 Å². The minimum absolute atomic E-state index is 0.252. The van der Waals surface area contributed by atoms with E-state index in [0.29, 0.717) is 23.8 Å². The van der Waals surface area contributed by atoms with Crippen molar-refractivity contribution in [2.24, 2.45) is 0 Å². The molecule has 1 aliphatic rings. The smallest absolute Gasteiger partial charge is 0.319 e. The number of nitrogens with zero attached hydrogens (tertiary/aromatic N) is 4. The van der Waals surface area contributed by atoms with E-state index in [0.717, 1.165) is 22.7 Å². The SMILES string of the molecule is CSc1nnnn1-c1cccc(NC(=O)NCCc2ccc3c(c2)OCO3)c1. The molecule has 0 aliphatic carbocycles. The third kappa shape index (κ3) is 4.01. The van der Waals surface area contributed by atoms with Crippen LogP contribution in [0.3, 0.4) is 0 Å². The number of aromatic nitrogens is 4. The van der Waals surface area contributed by atoms with Crippen molar-refractivity contribution in [2.75, 3.05) is 24.9 Å². The lowest BCUT2D eigenvalue weighted by molar-refractivity contribution is 0.174. The number of tetrazole rings is 1. The average molecular weight is 398 g/mol. The molecule has 0 bridgehead atoms. The van der Waals surface area contributed by atoms with Gasteiger partial charge in [-0.05, 0) is 59.0 Å². The van der Waals surface area contributed by atoms with Gasteiger partial charge in [0.2, 0.25) is 11.9 Å². The topological polar surface area (TPSA) is 103 Å². The molecule has 0 spiro atoms. The van der Waals surface area contributed by atoms with Crippen LogP contribution in [0.15, 0.2) is 47.6 Å². The summed E-state index contributed by atoms with van der Waals surface area (Å²) in [5.74, 6) is 1.49. The predicted octanol–water partition coefficient (Wildman–Crippen LogP) is 2.48. The second kappa shape index (κ2) is 8.17. The van der Waals surface area contributed by atoms with Crippen molar-refractivity contribution in [3.63, 3.8) is 0 Å². The molecule has 0 saturated heterocycles. The van der Waals surface area contributed by atoms with E-state index in [1.165, 1.54) is 11.8 Å². The van der Waals surface area contributed by atoms with Crippen LogP contribution < -0.4 is 20.1 Å². The molecule has 2 N–H and O–H groups in total. The van der Waals surface area contributed by atoms with Crippen molar-refractivity contribution in [3.8, 4) is 17.2 Å². The Morgan fingerprint density at radius 3 is 3.00 bits per heavy atom. The van der Waals surface area contributed by atoms with Crippen molar-refractivity contribution >= 4 is 23.5 Å². The molecule has 144 valence electrons. The fraction of sp³-hybridized carbons (Fsp3) is 0.222. The van der Waals surface area contributed by atoms with E-state index in [9.17, 15) is 4.79 Å². The summed E-state index contributed by atoms with van der Waals surface area (Å²) in [6.07, 6.45) is 2.59. The Morgan fingerprint density at radius 2 is 2.11 bits per heavy atom. The summed E-state index contributed by atoms with van der Waals surface area (Å²) in [5, 5.41) is 17.9. The van der Waals surface area contributed by atoms with Gasteiger partial charge in [0.05, 0.1) is 5.69 Å². The standard InChI is InChI=1S/C18H18N6O3S/c1-28-18-21-22-23-24(18)14-4-2-3-13(10-14)20-17(25)19-8-7-12-5-6-15-16(9-12)27-11-26-15/h2-6,9-10H,7-8,11H2,1H3,(H2,19,20,25). The van der Waals surface area contributed by atoms with Gasteiger partial charge in [-0.25, -0.2) is 4.79 Å². The molecule has 1 aromatic heterocycles. The molecule has 3 aromatic rings. The Morgan fingerprint density at radius 1 is 1.21 bits per heavy atom. The highest BCUT2D eigenvalue weighted by Gasteiger charge is 2.13. The summed E-state index contributed by atoms with van der Waals surface area (Å²) in [7, 11) is 0. The van der Waals surface area contributed by atoms with E-state index < -0.39 is 0 Å². The first kappa shape index (κ1) is 18.1. The summed E-state index contributed by atoms with van der Waals surface area (Å²) in [6.45, 7) is 0.746. The lowest BCUT2D eigenvalue weighted by Gasteiger charge is -2.09. The van der Waals surface area contributed by atoms with Gasteiger partial charge in [-0.2, -0.15) is 4.68 Å². The number of thioether (sulfide) groups is 1. The molecule has 0 unspecified atom stereocenters. The number of ether oxygens (including phenoxy) is 2. The average Bonchev–Trinajstić information content (AvgIpc) is 3.37. The molecule has 9 nitrogen and oxygen atoms in total. The quantitative estimate of drug-likeness (QED) is 0.615. The number of rotatable bonds is 6. The molecule has 1 aliphatic heterocycles. The monoisotopic (exact) mass is 398 g/mol. The highest BCUT2D eigenvalue weighted by molar-refractivity contribution is 7.98. The zero-order valence-corrected chi connectivity index (χ0v) is 15.9. The van der Waals surface area contributed by atoms with Gasteiger partial charge in [0.1, 0.15) is 0 Å². The van der Waals surface area contributed by atoms with Crippen molar-refractivity contribution in [1.29, 1.82) is 0 Å². The van der Waals surface area contributed by atoms with Crippen LogP contribution in [-0.4, -0.2) is 45.8 Å². The van der Waals surface area contributed by atoms with Crippen LogP contribution in [0.2, 0.25) is 0 Å². The fourth-order valence-electron chi connectivity index (χ4n) is 2.78. The highest BCUT2D eigenvalue weighted by Crippen LogP contribution is 2.32. The van der Waals surface area contributed by atoms with E-state index in [-0.39, 0.29) is 12.8 Å². The normalized spacial score (nSPS) is 12.0. The first-order valence-electron chi connectivity index (χ1n) is 8.59. The lowest BCUT2D eigenvalue weighted by Crippen LogP contribution is -2.30. The molecule has 10 heteroatoms. The minimum atomic E-state index is -0.278. The Balaban J connectivity index is 1.32. The predicted molar refractivity (Wildman–Crippen MR) is 104 cm³/mol. The van der Waals surface area contributed by atoms with Crippen LogP contribution in [0, 0.1) is 0 Å². The van der Waals surface area contributed by atoms with Crippen LogP contribution in [0.1, 0.15) is 5.56 Å². The van der Waals surface area contributed by atoms with E-state index in [1.54, 1.807) is 4.68 Å². The first-order chi connectivity index (χ1) is 13.7. The van der Waals surface area contributed by atoms with Gasteiger partial charge in [-0.3, -0.25) is 0 Å². The molecule has 0 saturated carbocycles. The van der Waals surface area contributed by atoms with Gasteiger partial charge in [0.25, 0.3) is 0 Å². The fourth-order valence-corrected chi connectivity index (χ4v) is 3.21. The van der Waals surface area contributed by atoms with Gasteiger partial charge in [-0.1, -0.05) is 23.9 Å². The number of urea groups is 1. The largest absolute Gasteiger partial charge is 0.454 e.